The minimum absolute atomic E-state index is 0.0638. The Kier molecular flexibility index (Phi) is 4.76. The second kappa shape index (κ2) is 6.34. The van der Waals surface area contributed by atoms with Crippen LogP contribution in [0.25, 0.3) is 0 Å². The molecular formula is C12H15Cl2N5. The van der Waals surface area contributed by atoms with Gasteiger partial charge in [0, 0.05) is 25.7 Å². The summed E-state index contributed by atoms with van der Waals surface area (Å²) < 4.78 is 1.67. The zero-order valence-electron chi connectivity index (χ0n) is 10.5. The highest BCUT2D eigenvalue weighted by atomic mass is 35.5. The quantitative estimate of drug-likeness (QED) is 0.652. The lowest BCUT2D eigenvalue weighted by Crippen LogP contribution is -2.38. The van der Waals surface area contributed by atoms with Crippen molar-refractivity contribution in [2.45, 2.75) is 18.9 Å². The van der Waals surface area contributed by atoms with Gasteiger partial charge in [-0.3, -0.25) is 16.0 Å². The van der Waals surface area contributed by atoms with Crippen LogP contribution in [0.2, 0.25) is 10.0 Å². The lowest BCUT2D eigenvalue weighted by Gasteiger charge is -2.14. The summed E-state index contributed by atoms with van der Waals surface area (Å²) >= 11 is 11.9. The summed E-state index contributed by atoms with van der Waals surface area (Å²) in [5, 5.41) is 9.05. The summed E-state index contributed by atoms with van der Waals surface area (Å²) in [7, 11) is 1.83. The van der Waals surface area contributed by atoms with Gasteiger partial charge < -0.3 is 0 Å². The Labute approximate surface area is 121 Å². The molecule has 1 heterocycles. The Balaban J connectivity index is 2.04. The van der Waals surface area contributed by atoms with E-state index in [0.717, 1.165) is 17.7 Å². The summed E-state index contributed by atoms with van der Waals surface area (Å²) in [6.45, 7) is 0. The number of halogens is 2. The van der Waals surface area contributed by atoms with Crippen LogP contribution in [0.4, 0.5) is 0 Å². The molecule has 1 unspecified atom stereocenters. The Morgan fingerprint density at radius 1 is 1.32 bits per heavy atom. The molecule has 0 aliphatic heterocycles. The molecule has 0 fully saturated rings. The number of nitrogens with one attached hydrogen (secondary N) is 1. The van der Waals surface area contributed by atoms with E-state index in [1.54, 1.807) is 10.7 Å². The van der Waals surface area contributed by atoms with Crippen LogP contribution >= 0.6 is 23.2 Å². The lowest BCUT2D eigenvalue weighted by atomic mass is 10.0. The lowest BCUT2D eigenvalue weighted by molar-refractivity contribution is 0.517. The third kappa shape index (κ3) is 3.91. The minimum atomic E-state index is 0.0638. The van der Waals surface area contributed by atoms with Crippen LogP contribution in [0.5, 0.6) is 0 Å². The zero-order chi connectivity index (χ0) is 13.8. The maximum atomic E-state index is 5.99. The van der Waals surface area contributed by atoms with Crippen molar-refractivity contribution in [2.24, 2.45) is 12.9 Å². The van der Waals surface area contributed by atoms with Gasteiger partial charge in [0.2, 0.25) is 0 Å². The summed E-state index contributed by atoms with van der Waals surface area (Å²) in [6, 6.07) is 5.64. The number of aromatic nitrogens is 3. The molecule has 1 atom stereocenters. The third-order valence-corrected chi connectivity index (χ3v) is 3.55. The Hall–Kier alpha value is -1.14. The number of hydrogen-bond donors (Lipinski definition) is 2. The van der Waals surface area contributed by atoms with E-state index < -0.39 is 0 Å². The number of rotatable bonds is 5. The molecule has 3 N–H and O–H groups in total. The van der Waals surface area contributed by atoms with Gasteiger partial charge in [0.1, 0.15) is 0 Å². The average Bonchev–Trinajstić information content (AvgIpc) is 2.78. The van der Waals surface area contributed by atoms with Crippen molar-refractivity contribution in [1.29, 1.82) is 0 Å². The van der Waals surface area contributed by atoms with Gasteiger partial charge in [0.05, 0.1) is 15.7 Å². The fourth-order valence-corrected chi connectivity index (χ4v) is 2.20. The standard InChI is InChI=1S/C12H15Cl2N5/c1-19-7-10(17-18-19)6-9(16-15)4-8-2-3-11(13)12(14)5-8/h2-3,5,7,9,16H,4,6,15H2,1H3. The zero-order valence-corrected chi connectivity index (χ0v) is 12.0. The number of hydrazine groups is 1. The number of benzene rings is 1. The van der Waals surface area contributed by atoms with Crippen LogP contribution in [0.1, 0.15) is 11.3 Å². The van der Waals surface area contributed by atoms with E-state index in [-0.39, 0.29) is 6.04 Å². The second-order valence-corrected chi connectivity index (χ2v) is 5.22. The monoisotopic (exact) mass is 299 g/mol. The molecule has 0 bridgehead atoms. The molecule has 1 aromatic carbocycles. The van der Waals surface area contributed by atoms with E-state index in [0.29, 0.717) is 16.5 Å². The van der Waals surface area contributed by atoms with Crippen molar-refractivity contribution in [2.75, 3.05) is 0 Å². The van der Waals surface area contributed by atoms with Crippen LogP contribution in [-0.2, 0) is 19.9 Å². The van der Waals surface area contributed by atoms with Gasteiger partial charge in [-0.2, -0.15) is 0 Å². The third-order valence-electron chi connectivity index (χ3n) is 2.81. The fourth-order valence-electron chi connectivity index (χ4n) is 1.88. The summed E-state index contributed by atoms with van der Waals surface area (Å²) in [6.07, 6.45) is 3.31. The first-order chi connectivity index (χ1) is 9.08. The van der Waals surface area contributed by atoms with Gasteiger partial charge in [-0.05, 0) is 24.1 Å². The number of nitrogens with zero attached hydrogens (tertiary/aromatic N) is 3. The molecule has 0 aliphatic rings. The van der Waals surface area contributed by atoms with Gasteiger partial charge >= 0.3 is 0 Å². The molecular weight excluding hydrogens is 285 g/mol. The first kappa shape index (κ1) is 14.3. The Morgan fingerprint density at radius 2 is 2.11 bits per heavy atom. The second-order valence-electron chi connectivity index (χ2n) is 4.40. The van der Waals surface area contributed by atoms with Gasteiger partial charge in [0.25, 0.3) is 0 Å². The van der Waals surface area contributed by atoms with Crippen LogP contribution in [0.15, 0.2) is 24.4 Å². The summed E-state index contributed by atoms with van der Waals surface area (Å²) in [4.78, 5) is 0. The number of hydrogen-bond acceptors (Lipinski definition) is 4. The maximum absolute atomic E-state index is 5.99. The number of nitrogens with two attached hydrogens (primary N) is 1. The molecule has 1 aromatic heterocycles. The SMILES string of the molecule is Cn1cc(CC(Cc2ccc(Cl)c(Cl)c2)NN)nn1. The predicted octanol–water partition coefficient (Wildman–Crippen LogP) is 1.74. The van der Waals surface area contributed by atoms with Crippen molar-refractivity contribution in [3.05, 3.63) is 45.7 Å². The Morgan fingerprint density at radius 3 is 2.68 bits per heavy atom. The van der Waals surface area contributed by atoms with Crippen LogP contribution in [0, 0.1) is 0 Å². The topological polar surface area (TPSA) is 68.8 Å². The first-order valence-electron chi connectivity index (χ1n) is 5.83. The summed E-state index contributed by atoms with van der Waals surface area (Å²) in [5.41, 5.74) is 4.75. The van der Waals surface area contributed by atoms with Crippen molar-refractivity contribution < 1.29 is 0 Å². The predicted molar refractivity (Wildman–Crippen MR) is 76.0 cm³/mol. The molecule has 5 nitrogen and oxygen atoms in total. The van der Waals surface area contributed by atoms with E-state index >= 15 is 0 Å². The van der Waals surface area contributed by atoms with Gasteiger partial charge in [-0.1, -0.05) is 34.5 Å². The van der Waals surface area contributed by atoms with Crippen molar-refractivity contribution in [3.8, 4) is 0 Å². The highest BCUT2D eigenvalue weighted by molar-refractivity contribution is 6.42. The van der Waals surface area contributed by atoms with E-state index in [9.17, 15) is 0 Å². The highest BCUT2D eigenvalue weighted by Gasteiger charge is 2.12. The van der Waals surface area contributed by atoms with E-state index in [1.807, 2.05) is 25.4 Å². The van der Waals surface area contributed by atoms with Gasteiger partial charge in [-0.25, -0.2) is 0 Å². The van der Waals surface area contributed by atoms with Crippen molar-refractivity contribution in [1.82, 2.24) is 20.4 Å². The van der Waals surface area contributed by atoms with Gasteiger partial charge in [0.15, 0.2) is 0 Å². The largest absolute Gasteiger partial charge is 0.271 e. The van der Waals surface area contributed by atoms with E-state index in [2.05, 4.69) is 15.7 Å². The van der Waals surface area contributed by atoms with Crippen LogP contribution in [-0.4, -0.2) is 21.0 Å². The molecule has 2 aromatic rings. The first-order valence-corrected chi connectivity index (χ1v) is 6.59. The normalized spacial score (nSPS) is 12.6. The molecule has 2 rings (SSSR count). The van der Waals surface area contributed by atoms with Crippen LogP contribution in [0.3, 0.4) is 0 Å². The minimum Gasteiger partial charge on any atom is -0.271 e. The van der Waals surface area contributed by atoms with Gasteiger partial charge in [-0.15, -0.1) is 5.10 Å². The molecule has 102 valence electrons. The fraction of sp³-hybridized carbons (Fsp3) is 0.333. The number of aryl methyl sites for hydroxylation is 1. The summed E-state index contributed by atoms with van der Waals surface area (Å²) in [5.74, 6) is 5.58. The van der Waals surface area contributed by atoms with E-state index in [4.69, 9.17) is 29.0 Å². The maximum Gasteiger partial charge on any atom is 0.0843 e. The smallest absolute Gasteiger partial charge is 0.0843 e. The molecule has 0 saturated carbocycles. The average molecular weight is 300 g/mol. The highest BCUT2D eigenvalue weighted by Crippen LogP contribution is 2.23. The molecule has 19 heavy (non-hydrogen) atoms. The van der Waals surface area contributed by atoms with Crippen molar-refractivity contribution >= 4 is 23.2 Å². The van der Waals surface area contributed by atoms with E-state index in [1.165, 1.54) is 0 Å². The molecule has 0 spiro atoms. The molecule has 0 amide bonds. The van der Waals surface area contributed by atoms with Crippen molar-refractivity contribution in [3.63, 3.8) is 0 Å². The Bertz CT molecular complexity index is 555. The molecule has 7 heteroatoms. The molecule has 0 saturated heterocycles. The molecule has 0 aliphatic carbocycles. The van der Waals surface area contributed by atoms with Crippen LogP contribution < -0.4 is 11.3 Å². The molecule has 0 radical (unpaired) electrons.